The van der Waals surface area contributed by atoms with E-state index in [2.05, 4.69) is 42.5 Å². The van der Waals surface area contributed by atoms with E-state index in [1.807, 2.05) is 7.05 Å². The van der Waals surface area contributed by atoms with Crippen molar-refractivity contribution in [3.05, 3.63) is 48.0 Å². The Hall–Kier alpha value is -1.83. The van der Waals surface area contributed by atoms with E-state index in [-0.39, 0.29) is 0 Å². The zero-order valence-corrected chi connectivity index (χ0v) is 11.5. The lowest BCUT2D eigenvalue weighted by Gasteiger charge is -2.09. The number of benzene rings is 2. The zero-order valence-electron chi connectivity index (χ0n) is 11.5. The lowest BCUT2D eigenvalue weighted by atomic mass is 10.0. The summed E-state index contributed by atoms with van der Waals surface area (Å²) in [4.78, 5) is 12.1. The van der Waals surface area contributed by atoms with Gasteiger partial charge >= 0.3 is 0 Å². The van der Waals surface area contributed by atoms with Crippen LogP contribution in [-0.4, -0.2) is 24.9 Å². The summed E-state index contributed by atoms with van der Waals surface area (Å²) in [5.74, 6) is 0. The summed E-state index contributed by atoms with van der Waals surface area (Å²) < 4.78 is 0. The Morgan fingerprint density at radius 3 is 2.58 bits per heavy atom. The summed E-state index contributed by atoms with van der Waals surface area (Å²) in [7, 11) is 1.83. The Kier molecular flexibility index (Phi) is 4.96. The summed E-state index contributed by atoms with van der Waals surface area (Å²) in [5, 5.41) is 2.62. The summed E-state index contributed by atoms with van der Waals surface area (Å²) >= 11 is 0. The predicted molar refractivity (Wildman–Crippen MR) is 80.2 cm³/mol. The van der Waals surface area contributed by atoms with Crippen LogP contribution in [0.15, 0.2) is 42.5 Å². The minimum Gasteiger partial charge on any atom is -0.348 e. The maximum atomic E-state index is 10.4. The molecule has 0 fully saturated rings. The lowest BCUT2D eigenvalue weighted by molar-refractivity contribution is -0.117. The maximum absolute atomic E-state index is 10.4. The number of carbonyl (C=O) groups excluding carboxylic acids is 1. The molecule has 0 aliphatic heterocycles. The van der Waals surface area contributed by atoms with Gasteiger partial charge in [-0.3, -0.25) is 4.79 Å². The first-order valence-electron chi connectivity index (χ1n) is 6.93. The molecule has 0 saturated heterocycles. The van der Waals surface area contributed by atoms with Crippen molar-refractivity contribution < 1.29 is 4.79 Å². The van der Waals surface area contributed by atoms with Gasteiger partial charge in [-0.25, -0.2) is 0 Å². The summed E-state index contributed by atoms with van der Waals surface area (Å²) in [5.41, 5.74) is 1.41. The Morgan fingerprint density at radius 2 is 1.79 bits per heavy atom. The van der Waals surface area contributed by atoms with E-state index in [4.69, 9.17) is 0 Å². The van der Waals surface area contributed by atoms with Crippen molar-refractivity contribution in [2.45, 2.75) is 25.7 Å². The third kappa shape index (κ3) is 4.09. The van der Waals surface area contributed by atoms with Gasteiger partial charge in [0.25, 0.3) is 0 Å². The van der Waals surface area contributed by atoms with Crippen molar-refractivity contribution in [3.63, 3.8) is 0 Å². The summed E-state index contributed by atoms with van der Waals surface area (Å²) in [6, 6.07) is 15.2. The Balaban J connectivity index is 1.80. The number of hydrogen-bond acceptors (Lipinski definition) is 1. The molecule has 100 valence electrons. The van der Waals surface area contributed by atoms with Crippen molar-refractivity contribution in [2.75, 3.05) is 13.6 Å². The normalized spacial score (nSPS) is 10.6. The molecule has 0 saturated carbocycles. The number of amides is 1. The number of carbonyl (C=O) groups is 1. The highest BCUT2D eigenvalue weighted by atomic mass is 16.1. The average molecular weight is 255 g/mol. The van der Waals surface area contributed by atoms with Gasteiger partial charge in [0.2, 0.25) is 6.41 Å². The van der Waals surface area contributed by atoms with Gasteiger partial charge in [-0.2, -0.15) is 0 Å². The molecule has 0 heterocycles. The predicted octanol–water partition coefficient (Wildman–Crippen LogP) is 3.64. The van der Waals surface area contributed by atoms with Crippen molar-refractivity contribution in [3.8, 4) is 0 Å². The standard InChI is InChI=1S/C17H21NO/c1-18(14-19)12-6-2-3-7-15-10-11-16-8-4-5-9-17(16)13-15/h4-5,8-11,13-14H,2-3,6-7,12H2,1H3. The molecule has 1 amide bonds. The second-order valence-electron chi connectivity index (χ2n) is 5.08. The van der Waals surface area contributed by atoms with Crippen LogP contribution >= 0.6 is 0 Å². The van der Waals surface area contributed by atoms with Crippen molar-refractivity contribution >= 4 is 17.2 Å². The van der Waals surface area contributed by atoms with Gasteiger partial charge in [-0.15, -0.1) is 0 Å². The SMILES string of the molecule is CN(C=O)CCCCCc1ccc2ccccc2c1. The molecule has 0 spiro atoms. The highest BCUT2D eigenvalue weighted by molar-refractivity contribution is 5.82. The van der Waals surface area contributed by atoms with Crippen LogP contribution in [0.5, 0.6) is 0 Å². The molecule has 2 aromatic rings. The molecule has 0 atom stereocenters. The van der Waals surface area contributed by atoms with E-state index in [0.29, 0.717) is 0 Å². The second kappa shape index (κ2) is 6.93. The highest BCUT2D eigenvalue weighted by Crippen LogP contribution is 2.17. The Labute approximate surface area is 115 Å². The lowest BCUT2D eigenvalue weighted by Crippen LogP contribution is -2.16. The summed E-state index contributed by atoms with van der Waals surface area (Å²) in [6.45, 7) is 0.862. The number of rotatable bonds is 7. The Bertz CT molecular complexity index is 536. The molecule has 2 rings (SSSR count). The van der Waals surface area contributed by atoms with Crippen LogP contribution in [-0.2, 0) is 11.2 Å². The van der Waals surface area contributed by atoms with Crippen molar-refractivity contribution in [1.82, 2.24) is 4.90 Å². The van der Waals surface area contributed by atoms with Gasteiger partial charge in [0.1, 0.15) is 0 Å². The van der Waals surface area contributed by atoms with Gasteiger partial charge in [0, 0.05) is 13.6 Å². The first kappa shape index (κ1) is 13.6. The molecule has 0 aliphatic carbocycles. The number of fused-ring (bicyclic) bond motifs is 1. The largest absolute Gasteiger partial charge is 0.348 e. The van der Waals surface area contributed by atoms with Crippen LogP contribution in [0.1, 0.15) is 24.8 Å². The van der Waals surface area contributed by atoms with Crippen LogP contribution in [0.2, 0.25) is 0 Å². The van der Waals surface area contributed by atoms with Crippen LogP contribution in [0.3, 0.4) is 0 Å². The van der Waals surface area contributed by atoms with Crippen LogP contribution in [0, 0.1) is 0 Å². The third-order valence-electron chi connectivity index (χ3n) is 3.47. The molecule has 0 bridgehead atoms. The molecule has 2 heteroatoms. The van der Waals surface area contributed by atoms with E-state index in [9.17, 15) is 4.79 Å². The van der Waals surface area contributed by atoms with Crippen LogP contribution < -0.4 is 0 Å². The minimum atomic E-state index is 0.862. The monoisotopic (exact) mass is 255 g/mol. The molecule has 0 radical (unpaired) electrons. The smallest absolute Gasteiger partial charge is 0.209 e. The molecule has 0 aromatic heterocycles. The number of aryl methyl sites for hydroxylation is 1. The first-order valence-corrected chi connectivity index (χ1v) is 6.93. The van der Waals surface area contributed by atoms with Gasteiger partial charge in [-0.1, -0.05) is 48.9 Å². The highest BCUT2D eigenvalue weighted by Gasteiger charge is 1.98. The fourth-order valence-corrected chi connectivity index (χ4v) is 2.31. The maximum Gasteiger partial charge on any atom is 0.209 e. The molecular weight excluding hydrogens is 234 g/mol. The van der Waals surface area contributed by atoms with E-state index in [0.717, 1.165) is 25.8 Å². The summed E-state index contributed by atoms with van der Waals surface area (Å²) in [6.07, 6.45) is 5.46. The molecule has 0 N–H and O–H groups in total. The van der Waals surface area contributed by atoms with Crippen molar-refractivity contribution in [1.29, 1.82) is 0 Å². The first-order chi connectivity index (χ1) is 9.29. The topological polar surface area (TPSA) is 20.3 Å². The molecule has 19 heavy (non-hydrogen) atoms. The van der Waals surface area contributed by atoms with E-state index in [1.54, 1.807) is 4.90 Å². The van der Waals surface area contributed by atoms with E-state index in [1.165, 1.54) is 29.2 Å². The van der Waals surface area contributed by atoms with Crippen LogP contribution in [0.25, 0.3) is 10.8 Å². The zero-order chi connectivity index (χ0) is 13.5. The number of unbranched alkanes of at least 4 members (excludes halogenated alkanes) is 2. The fraction of sp³-hybridized carbons (Fsp3) is 0.353. The van der Waals surface area contributed by atoms with Crippen molar-refractivity contribution in [2.24, 2.45) is 0 Å². The number of hydrogen-bond donors (Lipinski definition) is 0. The van der Waals surface area contributed by atoms with E-state index >= 15 is 0 Å². The molecular formula is C17H21NO. The third-order valence-corrected chi connectivity index (χ3v) is 3.47. The Morgan fingerprint density at radius 1 is 1.00 bits per heavy atom. The molecule has 0 aliphatic rings. The minimum absolute atomic E-state index is 0.862. The van der Waals surface area contributed by atoms with Crippen LogP contribution in [0.4, 0.5) is 0 Å². The fourth-order valence-electron chi connectivity index (χ4n) is 2.31. The molecule has 0 unspecified atom stereocenters. The van der Waals surface area contributed by atoms with Gasteiger partial charge < -0.3 is 4.90 Å². The quantitative estimate of drug-likeness (QED) is 0.546. The molecule has 2 nitrogen and oxygen atoms in total. The van der Waals surface area contributed by atoms with Gasteiger partial charge in [0.15, 0.2) is 0 Å². The average Bonchev–Trinajstić information content (AvgIpc) is 2.46. The number of nitrogens with zero attached hydrogens (tertiary/aromatic N) is 1. The van der Waals surface area contributed by atoms with Gasteiger partial charge in [-0.05, 0) is 35.6 Å². The second-order valence-corrected chi connectivity index (χ2v) is 5.08. The van der Waals surface area contributed by atoms with E-state index < -0.39 is 0 Å². The molecule has 2 aromatic carbocycles. The van der Waals surface area contributed by atoms with Gasteiger partial charge in [0.05, 0.1) is 0 Å².